The number of aryl methyl sites for hydroxylation is 1. The van der Waals surface area contributed by atoms with Gasteiger partial charge in [0, 0.05) is 18.1 Å². The van der Waals surface area contributed by atoms with Crippen LogP contribution in [0.2, 0.25) is 5.02 Å². The zero-order chi connectivity index (χ0) is 21.6. The first-order valence-electron chi connectivity index (χ1n) is 10.3. The summed E-state index contributed by atoms with van der Waals surface area (Å²) in [5.41, 5.74) is 0.919. The van der Waals surface area contributed by atoms with Crippen LogP contribution in [0.4, 0.5) is 5.95 Å². The molecule has 1 aromatic carbocycles. The fourth-order valence-corrected chi connectivity index (χ4v) is 5.13. The quantitative estimate of drug-likeness (QED) is 0.661. The van der Waals surface area contributed by atoms with E-state index >= 15 is 0 Å². The van der Waals surface area contributed by atoms with Crippen molar-refractivity contribution in [3.8, 4) is 0 Å². The third kappa shape index (κ3) is 3.90. The number of nitrogens with one attached hydrogen (secondary N) is 2. The van der Waals surface area contributed by atoms with Gasteiger partial charge in [0.1, 0.15) is 0 Å². The molecule has 2 aromatic heterocycles. The van der Waals surface area contributed by atoms with E-state index in [4.69, 9.17) is 11.6 Å². The average molecular weight is 430 g/mol. The second kappa shape index (κ2) is 7.61. The summed E-state index contributed by atoms with van der Waals surface area (Å²) in [6.07, 6.45) is 3.24. The first kappa shape index (κ1) is 20.7. The van der Waals surface area contributed by atoms with Crippen LogP contribution < -0.4 is 16.6 Å². The van der Waals surface area contributed by atoms with Crippen LogP contribution in [-0.2, 0) is 13.6 Å². The lowest BCUT2D eigenvalue weighted by atomic mass is 9.71. The number of hydrogen-bond acceptors (Lipinski definition) is 4. The van der Waals surface area contributed by atoms with Gasteiger partial charge in [0.2, 0.25) is 5.95 Å². The number of anilines is 1. The predicted molar refractivity (Wildman–Crippen MR) is 120 cm³/mol. The van der Waals surface area contributed by atoms with Crippen molar-refractivity contribution >= 4 is 28.7 Å². The normalized spacial score (nSPS) is 21.1. The van der Waals surface area contributed by atoms with Crippen molar-refractivity contribution in [1.82, 2.24) is 19.1 Å². The summed E-state index contributed by atoms with van der Waals surface area (Å²) in [4.78, 5) is 31.9. The molecule has 1 fully saturated rings. The molecule has 2 heterocycles. The van der Waals surface area contributed by atoms with E-state index in [0.29, 0.717) is 34.6 Å². The summed E-state index contributed by atoms with van der Waals surface area (Å²) in [5, 5.41) is 4.20. The van der Waals surface area contributed by atoms with E-state index in [1.165, 1.54) is 11.0 Å². The Bertz CT molecular complexity index is 1210. The number of rotatable bonds is 4. The topological polar surface area (TPSA) is 84.7 Å². The summed E-state index contributed by atoms with van der Waals surface area (Å²) >= 11 is 6.39. The van der Waals surface area contributed by atoms with Crippen molar-refractivity contribution < 1.29 is 0 Å². The largest absolute Gasteiger partial charge is 0.353 e. The van der Waals surface area contributed by atoms with Crippen molar-refractivity contribution in [2.75, 3.05) is 5.32 Å². The van der Waals surface area contributed by atoms with Crippen LogP contribution in [0.5, 0.6) is 0 Å². The van der Waals surface area contributed by atoms with E-state index < -0.39 is 11.2 Å². The SMILES string of the molecule is CC1CC(Nc2nc3c(c(=O)[nH]c(=O)n3C)n2Cc2ccccc2Cl)CC(C)(C)C1. The molecule has 0 saturated heterocycles. The molecular weight excluding hydrogens is 402 g/mol. The number of H-pyrrole nitrogens is 1. The smallest absolute Gasteiger partial charge is 0.329 e. The highest BCUT2D eigenvalue weighted by Crippen LogP contribution is 2.39. The lowest BCUT2D eigenvalue weighted by Gasteiger charge is -2.39. The van der Waals surface area contributed by atoms with Crippen LogP contribution in [0.15, 0.2) is 33.9 Å². The third-order valence-electron chi connectivity index (χ3n) is 6.01. The molecule has 0 radical (unpaired) electrons. The van der Waals surface area contributed by atoms with Crippen LogP contribution in [0.3, 0.4) is 0 Å². The fraction of sp³-hybridized carbons (Fsp3) is 0.500. The number of hydrogen-bond donors (Lipinski definition) is 2. The maximum Gasteiger partial charge on any atom is 0.329 e. The number of halogens is 1. The van der Waals surface area contributed by atoms with Crippen molar-refractivity contribution in [3.05, 3.63) is 55.7 Å². The summed E-state index contributed by atoms with van der Waals surface area (Å²) in [6.45, 7) is 7.24. The highest BCUT2D eigenvalue weighted by Gasteiger charge is 2.33. The Morgan fingerprint density at radius 2 is 2.00 bits per heavy atom. The molecule has 1 saturated carbocycles. The lowest BCUT2D eigenvalue weighted by molar-refractivity contribution is 0.177. The molecule has 30 heavy (non-hydrogen) atoms. The van der Waals surface area contributed by atoms with Gasteiger partial charge in [-0.1, -0.05) is 50.6 Å². The fourth-order valence-electron chi connectivity index (χ4n) is 4.93. The molecule has 1 aliphatic rings. The molecule has 2 N–H and O–H groups in total. The van der Waals surface area contributed by atoms with Crippen LogP contribution in [0, 0.1) is 11.3 Å². The molecule has 0 aliphatic heterocycles. The molecular formula is C22H28ClN5O2. The highest BCUT2D eigenvalue weighted by atomic mass is 35.5. The molecule has 0 bridgehead atoms. The Hall–Kier alpha value is -2.54. The molecule has 0 amide bonds. The number of aromatic amines is 1. The van der Waals surface area contributed by atoms with Crippen LogP contribution >= 0.6 is 11.6 Å². The molecule has 8 heteroatoms. The van der Waals surface area contributed by atoms with E-state index in [2.05, 4.69) is 36.1 Å². The van der Waals surface area contributed by atoms with Gasteiger partial charge in [-0.3, -0.25) is 18.9 Å². The Labute approximate surface area is 180 Å². The third-order valence-corrected chi connectivity index (χ3v) is 6.38. The van der Waals surface area contributed by atoms with Gasteiger partial charge < -0.3 is 5.32 Å². The molecule has 4 rings (SSSR count). The van der Waals surface area contributed by atoms with Gasteiger partial charge in [0.15, 0.2) is 11.2 Å². The first-order valence-corrected chi connectivity index (χ1v) is 10.7. The monoisotopic (exact) mass is 429 g/mol. The zero-order valence-electron chi connectivity index (χ0n) is 17.8. The zero-order valence-corrected chi connectivity index (χ0v) is 18.6. The predicted octanol–water partition coefficient (Wildman–Crippen LogP) is 3.75. The molecule has 1 aliphatic carbocycles. The van der Waals surface area contributed by atoms with Crippen molar-refractivity contribution in [2.45, 2.75) is 52.6 Å². The molecule has 160 valence electrons. The second-order valence-electron chi connectivity index (χ2n) is 9.36. The van der Waals surface area contributed by atoms with Gasteiger partial charge >= 0.3 is 5.69 Å². The van der Waals surface area contributed by atoms with E-state index in [9.17, 15) is 9.59 Å². The Morgan fingerprint density at radius 1 is 1.27 bits per heavy atom. The summed E-state index contributed by atoms with van der Waals surface area (Å²) in [7, 11) is 1.61. The Morgan fingerprint density at radius 3 is 2.70 bits per heavy atom. The van der Waals surface area contributed by atoms with E-state index in [-0.39, 0.29) is 11.5 Å². The standard InChI is InChI=1S/C22H28ClN5O2/c1-13-9-15(11-22(2,3)10-13)24-20-25-18-17(19(29)26-21(30)27(18)4)28(20)12-14-7-5-6-8-16(14)23/h5-8,13,15H,9-12H2,1-4H3,(H,24,25)(H,26,29,30). The minimum atomic E-state index is -0.478. The molecule has 7 nitrogen and oxygen atoms in total. The Balaban J connectivity index is 1.83. The van der Waals surface area contributed by atoms with Gasteiger partial charge in [0.05, 0.1) is 6.54 Å². The van der Waals surface area contributed by atoms with Gasteiger partial charge in [-0.05, 0) is 42.2 Å². The second-order valence-corrected chi connectivity index (χ2v) is 9.77. The summed E-state index contributed by atoms with van der Waals surface area (Å²) in [6, 6.07) is 7.79. The van der Waals surface area contributed by atoms with Gasteiger partial charge in [-0.15, -0.1) is 0 Å². The van der Waals surface area contributed by atoms with Crippen LogP contribution in [0.1, 0.15) is 45.6 Å². The van der Waals surface area contributed by atoms with Crippen LogP contribution in [0.25, 0.3) is 11.2 Å². The number of benzene rings is 1. The van der Waals surface area contributed by atoms with E-state index in [1.807, 2.05) is 28.8 Å². The Kier molecular flexibility index (Phi) is 5.26. The first-order chi connectivity index (χ1) is 14.1. The number of aromatic nitrogens is 4. The minimum absolute atomic E-state index is 0.235. The van der Waals surface area contributed by atoms with Crippen molar-refractivity contribution in [2.24, 2.45) is 18.4 Å². The highest BCUT2D eigenvalue weighted by molar-refractivity contribution is 6.31. The minimum Gasteiger partial charge on any atom is -0.353 e. The molecule has 2 atom stereocenters. The van der Waals surface area contributed by atoms with Gasteiger partial charge in [0.25, 0.3) is 5.56 Å². The summed E-state index contributed by atoms with van der Waals surface area (Å²) < 4.78 is 3.21. The van der Waals surface area contributed by atoms with Crippen LogP contribution in [-0.4, -0.2) is 25.1 Å². The summed E-state index contributed by atoms with van der Waals surface area (Å²) in [5.74, 6) is 1.19. The van der Waals surface area contributed by atoms with Crippen molar-refractivity contribution in [1.29, 1.82) is 0 Å². The maximum absolute atomic E-state index is 12.7. The van der Waals surface area contributed by atoms with Gasteiger partial charge in [-0.2, -0.15) is 4.98 Å². The molecule has 3 aromatic rings. The maximum atomic E-state index is 12.7. The average Bonchev–Trinajstić information content (AvgIpc) is 2.98. The molecule has 2 unspecified atom stereocenters. The lowest BCUT2D eigenvalue weighted by Crippen LogP contribution is -2.36. The van der Waals surface area contributed by atoms with Gasteiger partial charge in [-0.25, -0.2) is 4.79 Å². The van der Waals surface area contributed by atoms with E-state index in [0.717, 1.165) is 18.4 Å². The number of fused-ring (bicyclic) bond motifs is 1. The number of imidazole rings is 1. The molecule has 0 spiro atoms. The number of nitrogens with zero attached hydrogens (tertiary/aromatic N) is 3. The van der Waals surface area contributed by atoms with E-state index in [1.54, 1.807) is 7.05 Å². The van der Waals surface area contributed by atoms with Crippen molar-refractivity contribution in [3.63, 3.8) is 0 Å².